The van der Waals surface area contributed by atoms with Gasteiger partial charge in [0.1, 0.15) is 0 Å². The number of hydrogen-bond donors (Lipinski definition) is 1. The Labute approximate surface area is 116 Å². The maximum atomic E-state index is 4.89. The van der Waals surface area contributed by atoms with E-state index in [9.17, 15) is 0 Å². The molecule has 0 aliphatic carbocycles. The monoisotopic (exact) mass is 269 g/mol. The summed E-state index contributed by atoms with van der Waals surface area (Å²) in [5.74, 6) is 0.554. The molecule has 1 aromatic rings. The van der Waals surface area contributed by atoms with Crippen molar-refractivity contribution in [3.8, 4) is 0 Å². The van der Waals surface area contributed by atoms with E-state index in [0.717, 1.165) is 26.1 Å². The number of nitrogens with one attached hydrogen (secondary N) is 1. The quantitative estimate of drug-likeness (QED) is 0.781. The average Bonchev–Trinajstić information content (AvgIpc) is 2.79. The highest BCUT2D eigenvalue weighted by Crippen LogP contribution is 2.32. The topological polar surface area (TPSA) is 28.2 Å². The molecule has 1 N–H and O–H groups in total. The van der Waals surface area contributed by atoms with Gasteiger partial charge in [-0.2, -0.15) is 0 Å². The van der Waals surface area contributed by atoms with Gasteiger partial charge < -0.3 is 10.2 Å². The van der Waals surface area contributed by atoms with Crippen molar-refractivity contribution < 1.29 is 0 Å². The molecule has 0 aromatic carbocycles. The summed E-state index contributed by atoms with van der Waals surface area (Å²) < 4.78 is 0. The lowest BCUT2D eigenvalue weighted by molar-refractivity contribution is 0.690. The highest BCUT2D eigenvalue weighted by atomic mass is 32.1. The van der Waals surface area contributed by atoms with Crippen molar-refractivity contribution >= 4 is 16.5 Å². The van der Waals surface area contributed by atoms with Crippen LogP contribution in [0.5, 0.6) is 0 Å². The maximum absolute atomic E-state index is 4.89. The number of nitrogens with zero attached hydrogens (tertiary/aromatic N) is 2. The lowest BCUT2D eigenvalue weighted by Gasteiger charge is -2.18. The number of thiazole rings is 1. The minimum atomic E-state index is 0.554. The molecule has 1 aromatic heterocycles. The van der Waals surface area contributed by atoms with Crippen molar-refractivity contribution in [3.05, 3.63) is 10.6 Å². The highest BCUT2D eigenvalue weighted by molar-refractivity contribution is 7.15. The van der Waals surface area contributed by atoms with E-state index >= 15 is 0 Å². The number of aromatic nitrogens is 1. The summed E-state index contributed by atoms with van der Waals surface area (Å²) in [7, 11) is 2.00. The third-order valence-corrected chi connectivity index (χ3v) is 4.41. The number of anilines is 1. The van der Waals surface area contributed by atoms with Crippen LogP contribution in [-0.2, 0) is 6.54 Å². The lowest BCUT2D eigenvalue weighted by atomic mass is 10.0. The zero-order valence-corrected chi connectivity index (χ0v) is 13.2. The molecule has 1 unspecified atom stereocenters. The minimum Gasteiger partial charge on any atom is -0.348 e. The van der Waals surface area contributed by atoms with Crippen LogP contribution in [0.2, 0.25) is 0 Å². The molecular formula is C14H27N3S. The van der Waals surface area contributed by atoms with Gasteiger partial charge in [0.25, 0.3) is 0 Å². The Kier molecular flexibility index (Phi) is 6.65. The van der Waals surface area contributed by atoms with Gasteiger partial charge in [0.05, 0.1) is 5.69 Å². The fourth-order valence-corrected chi connectivity index (χ4v) is 3.29. The van der Waals surface area contributed by atoms with Gasteiger partial charge in [0.15, 0.2) is 5.13 Å². The van der Waals surface area contributed by atoms with Crippen molar-refractivity contribution in [2.45, 2.75) is 53.0 Å². The van der Waals surface area contributed by atoms with E-state index in [2.05, 4.69) is 37.9 Å². The van der Waals surface area contributed by atoms with E-state index in [1.54, 1.807) is 0 Å². The van der Waals surface area contributed by atoms with Crippen molar-refractivity contribution in [2.75, 3.05) is 25.0 Å². The van der Waals surface area contributed by atoms with Crippen LogP contribution in [0.25, 0.3) is 0 Å². The molecule has 1 heterocycles. The van der Waals surface area contributed by atoms with E-state index in [0.29, 0.717) is 5.92 Å². The number of hydrogen-bond acceptors (Lipinski definition) is 4. The Morgan fingerprint density at radius 3 is 2.56 bits per heavy atom. The van der Waals surface area contributed by atoms with E-state index < -0.39 is 0 Å². The van der Waals surface area contributed by atoms with Gasteiger partial charge in [0, 0.05) is 24.5 Å². The van der Waals surface area contributed by atoms with Gasteiger partial charge >= 0.3 is 0 Å². The molecule has 0 aliphatic rings. The zero-order chi connectivity index (χ0) is 13.5. The molecule has 3 nitrogen and oxygen atoms in total. The second kappa shape index (κ2) is 7.74. The Morgan fingerprint density at radius 2 is 2.06 bits per heavy atom. The summed E-state index contributed by atoms with van der Waals surface area (Å²) >= 11 is 1.85. The van der Waals surface area contributed by atoms with Gasteiger partial charge in [-0.05, 0) is 32.7 Å². The van der Waals surface area contributed by atoms with Crippen molar-refractivity contribution in [2.24, 2.45) is 0 Å². The average molecular weight is 269 g/mol. The molecule has 0 bridgehead atoms. The van der Waals surface area contributed by atoms with E-state index in [1.807, 2.05) is 18.4 Å². The molecular weight excluding hydrogens is 242 g/mol. The van der Waals surface area contributed by atoms with Crippen molar-refractivity contribution in [1.29, 1.82) is 0 Å². The lowest BCUT2D eigenvalue weighted by Crippen LogP contribution is -2.23. The molecule has 0 saturated carbocycles. The summed E-state index contributed by atoms with van der Waals surface area (Å²) in [6.45, 7) is 12.0. The summed E-state index contributed by atoms with van der Waals surface area (Å²) in [4.78, 5) is 8.68. The van der Waals surface area contributed by atoms with Crippen molar-refractivity contribution in [1.82, 2.24) is 10.3 Å². The second-order valence-electron chi connectivity index (χ2n) is 4.72. The van der Waals surface area contributed by atoms with Gasteiger partial charge in [-0.3, -0.25) is 0 Å². The molecule has 0 amide bonds. The summed E-state index contributed by atoms with van der Waals surface area (Å²) in [6, 6.07) is 0. The van der Waals surface area contributed by atoms with E-state index in [-0.39, 0.29) is 0 Å². The molecule has 1 rings (SSSR count). The first-order valence-corrected chi connectivity index (χ1v) is 7.88. The Bertz CT molecular complexity index is 349. The molecule has 4 heteroatoms. The normalized spacial score (nSPS) is 12.7. The molecule has 0 saturated heterocycles. The van der Waals surface area contributed by atoms with Crippen LogP contribution in [-0.4, -0.2) is 25.1 Å². The minimum absolute atomic E-state index is 0.554. The standard InChI is InChI=1S/C14H27N3S/c1-6-9-17(8-3)14-16-13(11(4)7-2)12(18-14)10-15-5/h11,15H,6-10H2,1-5H3. The van der Waals surface area contributed by atoms with Crippen LogP contribution in [0.1, 0.15) is 57.0 Å². The summed E-state index contributed by atoms with van der Waals surface area (Å²) in [5, 5.41) is 4.45. The van der Waals surface area contributed by atoms with Crippen LogP contribution in [0, 0.1) is 0 Å². The predicted octanol–water partition coefficient (Wildman–Crippen LogP) is 3.61. The molecule has 18 heavy (non-hydrogen) atoms. The van der Waals surface area contributed by atoms with Crippen LogP contribution in [0.3, 0.4) is 0 Å². The smallest absolute Gasteiger partial charge is 0.185 e. The second-order valence-corrected chi connectivity index (χ2v) is 5.79. The van der Waals surface area contributed by atoms with Gasteiger partial charge in [0.2, 0.25) is 0 Å². The zero-order valence-electron chi connectivity index (χ0n) is 12.4. The Morgan fingerprint density at radius 1 is 1.33 bits per heavy atom. The number of rotatable bonds is 8. The van der Waals surface area contributed by atoms with Gasteiger partial charge in [-0.25, -0.2) is 4.98 Å². The van der Waals surface area contributed by atoms with Gasteiger partial charge in [-0.15, -0.1) is 11.3 Å². The molecule has 1 atom stereocenters. The Hall–Kier alpha value is -0.610. The van der Waals surface area contributed by atoms with Crippen LogP contribution in [0.15, 0.2) is 0 Å². The van der Waals surface area contributed by atoms with Gasteiger partial charge in [-0.1, -0.05) is 20.8 Å². The molecule has 0 aliphatic heterocycles. The fourth-order valence-electron chi connectivity index (χ4n) is 2.01. The molecule has 104 valence electrons. The van der Waals surface area contributed by atoms with Crippen LogP contribution >= 0.6 is 11.3 Å². The summed E-state index contributed by atoms with van der Waals surface area (Å²) in [5.41, 5.74) is 1.29. The molecule has 0 fully saturated rings. The molecule has 0 radical (unpaired) electrons. The highest BCUT2D eigenvalue weighted by Gasteiger charge is 2.18. The maximum Gasteiger partial charge on any atom is 0.185 e. The van der Waals surface area contributed by atoms with Crippen LogP contribution < -0.4 is 10.2 Å². The third kappa shape index (κ3) is 3.69. The fraction of sp³-hybridized carbons (Fsp3) is 0.786. The Balaban J connectivity index is 2.99. The predicted molar refractivity (Wildman–Crippen MR) is 81.8 cm³/mol. The SMILES string of the molecule is CCCN(CC)c1nc(C(C)CC)c(CNC)s1. The molecule has 0 spiro atoms. The summed E-state index contributed by atoms with van der Waals surface area (Å²) in [6.07, 6.45) is 2.33. The van der Waals surface area contributed by atoms with E-state index in [4.69, 9.17) is 4.98 Å². The van der Waals surface area contributed by atoms with E-state index in [1.165, 1.54) is 22.1 Å². The largest absolute Gasteiger partial charge is 0.348 e. The third-order valence-electron chi connectivity index (χ3n) is 3.28. The first-order chi connectivity index (χ1) is 8.67. The van der Waals surface area contributed by atoms with Crippen molar-refractivity contribution in [3.63, 3.8) is 0 Å². The first kappa shape index (κ1) is 15.4. The first-order valence-electron chi connectivity index (χ1n) is 7.06. The van der Waals surface area contributed by atoms with Crippen LogP contribution in [0.4, 0.5) is 5.13 Å².